The molecule has 110 valence electrons. The lowest BCUT2D eigenvalue weighted by Crippen LogP contribution is -2.51. The van der Waals surface area contributed by atoms with Crippen LogP contribution in [0.5, 0.6) is 0 Å². The zero-order valence-electron chi connectivity index (χ0n) is 12.7. The Morgan fingerprint density at radius 2 is 1.17 bits per heavy atom. The third kappa shape index (κ3) is 8.21. The van der Waals surface area contributed by atoms with Gasteiger partial charge in [0.15, 0.2) is 0 Å². The maximum atomic E-state index is 5.90. The van der Waals surface area contributed by atoms with Crippen molar-refractivity contribution in [3.8, 4) is 0 Å². The van der Waals surface area contributed by atoms with E-state index in [9.17, 15) is 0 Å². The van der Waals surface area contributed by atoms with Gasteiger partial charge in [0.2, 0.25) is 0 Å². The maximum absolute atomic E-state index is 5.90. The highest BCUT2D eigenvalue weighted by Crippen LogP contribution is 2.13. The summed E-state index contributed by atoms with van der Waals surface area (Å²) in [6, 6.07) is 0. The minimum absolute atomic E-state index is 0.164. The molecule has 0 aromatic heterocycles. The molecule has 5 heteroatoms. The summed E-state index contributed by atoms with van der Waals surface area (Å²) in [5.74, 6) is 0. The van der Waals surface area contributed by atoms with Crippen molar-refractivity contribution >= 4 is 8.80 Å². The molecular formula is C13H30O4Si. The van der Waals surface area contributed by atoms with Gasteiger partial charge in [0, 0.05) is 19.8 Å². The molecule has 0 N–H and O–H groups in total. The summed E-state index contributed by atoms with van der Waals surface area (Å²) in [4.78, 5) is 0. The fourth-order valence-corrected chi connectivity index (χ4v) is 3.87. The van der Waals surface area contributed by atoms with Gasteiger partial charge in [0.25, 0.3) is 0 Å². The summed E-state index contributed by atoms with van der Waals surface area (Å²) in [6.45, 7) is 12.3. The van der Waals surface area contributed by atoms with E-state index in [0.717, 1.165) is 19.3 Å². The van der Waals surface area contributed by atoms with Crippen molar-refractivity contribution in [3.63, 3.8) is 0 Å². The molecule has 0 radical (unpaired) electrons. The van der Waals surface area contributed by atoms with Gasteiger partial charge in [-0.3, -0.25) is 0 Å². The largest absolute Gasteiger partial charge is 0.528 e. The first-order valence-electron chi connectivity index (χ1n) is 7.13. The number of rotatable bonds is 12. The van der Waals surface area contributed by atoms with Crippen LogP contribution in [0.1, 0.15) is 53.9 Å². The Kier molecular flexibility index (Phi) is 11.0. The normalized spacial score (nSPS) is 12.3. The number of ether oxygens (including phenoxy) is 1. The first-order chi connectivity index (χ1) is 8.60. The molecule has 0 atom stereocenters. The van der Waals surface area contributed by atoms with Gasteiger partial charge in [0.05, 0.1) is 6.10 Å². The molecule has 0 saturated heterocycles. The molecule has 0 heterocycles. The topological polar surface area (TPSA) is 36.9 Å². The van der Waals surface area contributed by atoms with E-state index in [1.165, 1.54) is 0 Å². The van der Waals surface area contributed by atoms with Gasteiger partial charge in [-0.15, -0.1) is 0 Å². The Morgan fingerprint density at radius 3 is 1.44 bits per heavy atom. The van der Waals surface area contributed by atoms with E-state index in [4.69, 9.17) is 18.0 Å². The van der Waals surface area contributed by atoms with Crippen LogP contribution in [0.3, 0.4) is 0 Å². The van der Waals surface area contributed by atoms with E-state index in [0.29, 0.717) is 26.1 Å². The minimum Gasteiger partial charge on any atom is -0.374 e. The first kappa shape index (κ1) is 18.1. The molecule has 0 spiro atoms. The van der Waals surface area contributed by atoms with Crippen molar-refractivity contribution in [3.05, 3.63) is 0 Å². The second-order valence-corrected chi connectivity index (χ2v) is 7.11. The predicted octanol–water partition coefficient (Wildman–Crippen LogP) is 3.17. The highest BCUT2D eigenvalue weighted by Gasteiger charge is 2.42. The second kappa shape index (κ2) is 10.9. The molecule has 0 unspecified atom stereocenters. The molecule has 0 aliphatic rings. The molecule has 0 aromatic carbocycles. The maximum Gasteiger partial charge on any atom is 0.528 e. The van der Waals surface area contributed by atoms with Gasteiger partial charge in [-0.25, -0.2) is 0 Å². The Bertz CT molecular complexity index is 166. The van der Waals surface area contributed by atoms with Crippen molar-refractivity contribution in [1.29, 1.82) is 0 Å². The Hall–Kier alpha value is 0.0569. The van der Waals surface area contributed by atoms with E-state index in [2.05, 4.69) is 20.8 Å². The van der Waals surface area contributed by atoms with E-state index in [1.54, 1.807) is 0 Å². The van der Waals surface area contributed by atoms with E-state index >= 15 is 0 Å². The van der Waals surface area contributed by atoms with Crippen LogP contribution in [0.15, 0.2) is 0 Å². The standard InChI is InChI=1S/C13H30O4Si/c1-6-9-15-18(16-10-7-2,17-11-8-3)12-14-13(4)5/h13H,6-12H2,1-5H3. The molecule has 0 aliphatic carbocycles. The van der Waals surface area contributed by atoms with Crippen LogP contribution in [-0.4, -0.2) is 41.0 Å². The van der Waals surface area contributed by atoms with Crippen LogP contribution in [0.4, 0.5) is 0 Å². The average Bonchev–Trinajstić information content (AvgIpc) is 2.37. The molecule has 0 saturated carbocycles. The monoisotopic (exact) mass is 278 g/mol. The van der Waals surface area contributed by atoms with Gasteiger partial charge >= 0.3 is 8.80 Å². The van der Waals surface area contributed by atoms with E-state index < -0.39 is 8.80 Å². The molecule has 0 amide bonds. The van der Waals surface area contributed by atoms with Gasteiger partial charge in [-0.1, -0.05) is 20.8 Å². The Morgan fingerprint density at radius 1 is 0.778 bits per heavy atom. The predicted molar refractivity (Wildman–Crippen MR) is 75.6 cm³/mol. The molecule has 0 rings (SSSR count). The Labute approximate surface area is 113 Å². The fourth-order valence-electron chi connectivity index (χ4n) is 1.29. The van der Waals surface area contributed by atoms with Crippen molar-refractivity contribution in [1.82, 2.24) is 0 Å². The molecule has 0 aromatic rings. The third-order valence-electron chi connectivity index (χ3n) is 2.17. The number of hydrogen-bond donors (Lipinski definition) is 0. The van der Waals surface area contributed by atoms with Gasteiger partial charge in [-0.05, 0) is 33.1 Å². The number of hydrogen-bond acceptors (Lipinski definition) is 4. The van der Waals surface area contributed by atoms with Gasteiger partial charge in [0.1, 0.15) is 6.23 Å². The first-order valence-corrected chi connectivity index (χ1v) is 9.06. The summed E-state index contributed by atoms with van der Waals surface area (Å²) in [6.07, 6.45) is 3.49. The summed E-state index contributed by atoms with van der Waals surface area (Å²) in [5.41, 5.74) is 0. The molecule has 4 nitrogen and oxygen atoms in total. The van der Waals surface area contributed by atoms with Crippen LogP contribution in [0, 0.1) is 0 Å². The molecule has 0 bridgehead atoms. The zero-order chi connectivity index (χ0) is 13.9. The third-order valence-corrected chi connectivity index (χ3v) is 4.62. The SMILES string of the molecule is CCCO[Si](COC(C)C)(OCCC)OCCC. The summed E-state index contributed by atoms with van der Waals surface area (Å²) in [5, 5.41) is 0. The zero-order valence-corrected chi connectivity index (χ0v) is 13.7. The second-order valence-electron chi connectivity index (χ2n) is 4.59. The minimum atomic E-state index is -2.64. The molecule has 0 fully saturated rings. The van der Waals surface area contributed by atoms with Crippen LogP contribution in [0.2, 0.25) is 0 Å². The molecule has 0 aliphatic heterocycles. The summed E-state index contributed by atoms with van der Waals surface area (Å²) < 4.78 is 23.4. The summed E-state index contributed by atoms with van der Waals surface area (Å²) >= 11 is 0. The van der Waals surface area contributed by atoms with Crippen molar-refractivity contribution in [2.45, 2.75) is 60.0 Å². The van der Waals surface area contributed by atoms with E-state index in [-0.39, 0.29) is 6.10 Å². The highest BCUT2D eigenvalue weighted by molar-refractivity contribution is 6.60. The van der Waals surface area contributed by atoms with Crippen LogP contribution < -0.4 is 0 Å². The lowest BCUT2D eigenvalue weighted by Gasteiger charge is -2.29. The van der Waals surface area contributed by atoms with Crippen LogP contribution >= 0.6 is 0 Å². The lowest BCUT2D eigenvalue weighted by molar-refractivity contribution is 0.00735. The van der Waals surface area contributed by atoms with Gasteiger partial charge < -0.3 is 18.0 Å². The van der Waals surface area contributed by atoms with Crippen molar-refractivity contribution in [2.75, 3.05) is 26.1 Å². The lowest BCUT2D eigenvalue weighted by atomic mass is 10.5. The Balaban J connectivity index is 4.51. The quantitative estimate of drug-likeness (QED) is 0.514. The van der Waals surface area contributed by atoms with E-state index in [1.807, 2.05) is 13.8 Å². The smallest absolute Gasteiger partial charge is 0.374 e. The van der Waals surface area contributed by atoms with Gasteiger partial charge in [-0.2, -0.15) is 0 Å². The van der Waals surface area contributed by atoms with Crippen LogP contribution in [0.25, 0.3) is 0 Å². The summed E-state index contributed by atoms with van der Waals surface area (Å²) in [7, 11) is -2.64. The van der Waals surface area contributed by atoms with Crippen molar-refractivity contribution < 1.29 is 18.0 Å². The fraction of sp³-hybridized carbons (Fsp3) is 1.00. The highest BCUT2D eigenvalue weighted by atomic mass is 28.4. The molecular weight excluding hydrogens is 248 g/mol. The van der Waals surface area contributed by atoms with Crippen LogP contribution in [-0.2, 0) is 18.0 Å². The average molecular weight is 278 g/mol. The molecule has 18 heavy (non-hydrogen) atoms. The van der Waals surface area contributed by atoms with Crippen molar-refractivity contribution in [2.24, 2.45) is 0 Å².